The van der Waals surface area contributed by atoms with Gasteiger partial charge in [0.2, 0.25) is 11.8 Å². The van der Waals surface area contributed by atoms with Crippen molar-refractivity contribution < 1.29 is 47.3 Å². The highest BCUT2D eigenvalue weighted by atomic mass is 127. The van der Waals surface area contributed by atoms with E-state index in [4.69, 9.17) is 23.1 Å². The number of methoxy groups -OCH3 is 1. The highest BCUT2D eigenvalue weighted by Gasteiger charge is 2.49. The number of esters is 1. The lowest BCUT2D eigenvalue weighted by Crippen LogP contribution is -2.66. The van der Waals surface area contributed by atoms with E-state index >= 15 is 4.79 Å². The maximum Gasteiger partial charge on any atom is 0.408 e. The van der Waals surface area contributed by atoms with Crippen molar-refractivity contribution in [2.45, 2.75) is 147 Å². The summed E-state index contributed by atoms with van der Waals surface area (Å²) in [6.07, 6.45) is -3.55. The van der Waals surface area contributed by atoms with Gasteiger partial charge in [0, 0.05) is 17.8 Å². The standard InChI is InChI=1S/C41H61Br2IN6O10Si2/c1-39(2,3)58-38(55)48-27-18-23-17-26(44)32(51)29(20-23)57-33-24(42)15-22(16-25(33)43)19-28(37(54)56-10)47-36(53)31(49-35(27)52)34(60-62(13,14)41(7,8)9)30(21-46-50-45)59-61(11,12)40(4,5)6/h15-17,20,27-28,30-31,34,51H,18-19,21H2,1-14H3,(H,47,53)(H,48,55)(H,49,52)/t27-,28?,30+,31-,34+/m0/s1. The topological polar surface area (TPSA) is 220 Å². The van der Waals surface area contributed by atoms with Crippen molar-refractivity contribution in [3.05, 3.63) is 58.4 Å². The molecule has 0 saturated carbocycles. The van der Waals surface area contributed by atoms with E-state index in [1.807, 2.05) is 90.3 Å². The second-order valence-corrected chi connectivity index (χ2v) is 31.6. The third-order valence-corrected chi connectivity index (χ3v) is 22.1. The Hall–Kier alpha value is -2.93. The molecular formula is C41H61Br2IN6O10Si2. The number of aromatic hydroxyl groups is 1. The molecule has 0 saturated heterocycles. The number of hydrogen-bond acceptors (Lipinski definition) is 11. The molecule has 2 aromatic carbocycles. The van der Waals surface area contributed by atoms with Crippen LogP contribution in [0.25, 0.3) is 10.4 Å². The number of benzene rings is 2. The maximum absolute atomic E-state index is 15.2. The van der Waals surface area contributed by atoms with Gasteiger partial charge in [-0.25, -0.2) is 9.59 Å². The third-order valence-electron chi connectivity index (χ3n) is 11.1. The summed E-state index contributed by atoms with van der Waals surface area (Å²) in [4.78, 5) is 60.2. The first-order chi connectivity index (χ1) is 28.3. The average Bonchev–Trinajstić information content (AvgIpc) is 3.11. The number of nitrogens with one attached hydrogen (secondary N) is 3. The lowest BCUT2D eigenvalue weighted by molar-refractivity contribution is -0.146. The number of phenolic OH excluding ortho intramolecular Hbond substituents is 1. The van der Waals surface area contributed by atoms with Gasteiger partial charge in [0.05, 0.1) is 38.4 Å². The zero-order chi connectivity index (χ0) is 47.3. The highest BCUT2D eigenvalue weighted by molar-refractivity contribution is 14.1. The first kappa shape index (κ1) is 53.4. The van der Waals surface area contributed by atoms with Crippen LogP contribution in [0.3, 0.4) is 0 Å². The number of amides is 3. The molecule has 5 atom stereocenters. The summed E-state index contributed by atoms with van der Waals surface area (Å²) in [5.41, 5.74) is 9.73. The average molecular weight is 1140 g/mol. The molecule has 3 amide bonds. The number of carbonyl (C=O) groups is 4. The second-order valence-electron chi connectivity index (χ2n) is 19.3. The van der Waals surface area contributed by atoms with Crippen LogP contribution in [0.15, 0.2) is 38.3 Å². The zero-order valence-corrected chi connectivity index (χ0v) is 45.2. The molecule has 2 aliphatic heterocycles. The fourth-order valence-corrected chi connectivity index (χ4v) is 10.5. The molecule has 4 N–H and O–H groups in total. The van der Waals surface area contributed by atoms with Crippen LogP contribution < -0.4 is 20.7 Å². The summed E-state index contributed by atoms with van der Waals surface area (Å²) in [5, 5.41) is 22.7. The van der Waals surface area contributed by atoms with Crippen LogP contribution in [0.2, 0.25) is 36.3 Å². The molecule has 0 spiro atoms. The predicted octanol–water partition coefficient (Wildman–Crippen LogP) is 9.54. The molecule has 16 nitrogen and oxygen atoms in total. The Balaban J connectivity index is 2.46. The van der Waals surface area contributed by atoms with E-state index in [-0.39, 0.29) is 35.9 Å². The number of halogens is 3. The molecule has 2 aromatic rings. The number of alkyl carbamates (subject to hydrolysis) is 1. The minimum atomic E-state index is -2.91. The Labute approximate surface area is 397 Å². The number of phenols is 1. The number of ether oxygens (including phenoxy) is 3. The highest BCUT2D eigenvalue weighted by Crippen LogP contribution is 2.44. The molecule has 2 aliphatic rings. The number of rotatable bonds is 10. The summed E-state index contributed by atoms with van der Waals surface area (Å²) >= 11 is 9.08. The van der Waals surface area contributed by atoms with Gasteiger partial charge in [-0.3, -0.25) is 9.59 Å². The van der Waals surface area contributed by atoms with Gasteiger partial charge < -0.3 is 44.1 Å². The van der Waals surface area contributed by atoms with Crippen LogP contribution in [-0.2, 0) is 45.6 Å². The minimum Gasteiger partial charge on any atom is -0.504 e. The van der Waals surface area contributed by atoms with Gasteiger partial charge in [-0.1, -0.05) is 46.7 Å². The van der Waals surface area contributed by atoms with Crippen LogP contribution in [0.1, 0.15) is 73.4 Å². The van der Waals surface area contributed by atoms with Crippen molar-refractivity contribution in [3.8, 4) is 17.2 Å². The van der Waals surface area contributed by atoms with Crippen molar-refractivity contribution in [2.24, 2.45) is 5.11 Å². The van der Waals surface area contributed by atoms with Crippen LogP contribution in [0.5, 0.6) is 17.2 Å². The van der Waals surface area contributed by atoms with Crippen molar-refractivity contribution in [1.82, 2.24) is 16.0 Å². The Kier molecular flexibility index (Phi) is 18.0. The van der Waals surface area contributed by atoms with Gasteiger partial charge in [0.1, 0.15) is 23.7 Å². The number of azide groups is 1. The van der Waals surface area contributed by atoms with Crippen molar-refractivity contribution in [2.75, 3.05) is 13.7 Å². The fraction of sp³-hybridized carbons (Fsp3) is 0.610. The fourth-order valence-electron chi connectivity index (χ4n) is 5.79. The van der Waals surface area contributed by atoms with Gasteiger partial charge in [-0.15, -0.1) is 0 Å². The lowest BCUT2D eigenvalue weighted by Gasteiger charge is -2.46. The predicted molar refractivity (Wildman–Crippen MR) is 257 cm³/mol. The SMILES string of the molecule is COC(=O)C1Cc2cc(Br)c(c(Br)c2)Oc2cc(cc(I)c2O)C[C@H](NC(=O)OC(C)(C)C)C(=O)N[C@@H]([C@H](O[Si](C)(C)C(C)(C)C)[C@@H](CN=[N+]=[N-])O[Si](C)(C)C(C)(C)C)C(=O)N1. The molecule has 0 fully saturated rings. The van der Waals surface area contributed by atoms with Gasteiger partial charge in [-0.2, -0.15) is 0 Å². The minimum absolute atomic E-state index is 0.0513. The second kappa shape index (κ2) is 20.9. The molecule has 0 aliphatic carbocycles. The number of nitrogens with zero attached hydrogens (tertiary/aromatic N) is 3. The van der Waals surface area contributed by atoms with Crippen molar-refractivity contribution in [3.63, 3.8) is 0 Å². The van der Waals surface area contributed by atoms with Crippen LogP contribution in [0.4, 0.5) is 4.79 Å². The third kappa shape index (κ3) is 14.3. The van der Waals surface area contributed by atoms with Gasteiger partial charge in [-0.05, 0) is 152 Å². The monoisotopic (exact) mass is 1140 g/mol. The molecule has 1 unspecified atom stereocenters. The smallest absolute Gasteiger partial charge is 0.408 e. The normalized spacial score (nSPS) is 19.1. The Morgan fingerprint density at radius 2 is 1.48 bits per heavy atom. The summed E-state index contributed by atoms with van der Waals surface area (Å²) in [6, 6.07) is 2.28. The number of hydrogen-bond donors (Lipinski definition) is 4. The van der Waals surface area contributed by atoms with Crippen LogP contribution in [0, 0.1) is 3.57 Å². The van der Waals surface area contributed by atoms with E-state index < -0.39 is 81.5 Å². The van der Waals surface area contributed by atoms with E-state index in [1.54, 1.807) is 45.0 Å². The molecule has 4 rings (SSSR count). The first-order valence-electron chi connectivity index (χ1n) is 20.0. The summed E-state index contributed by atoms with van der Waals surface area (Å²) in [6.45, 7) is 24.9. The van der Waals surface area contributed by atoms with Crippen LogP contribution in [-0.4, -0.2) is 95.2 Å². The molecular weight excluding hydrogens is 1080 g/mol. The van der Waals surface area contributed by atoms with E-state index in [0.717, 1.165) is 0 Å². The molecule has 4 bridgehead atoms. The number of carbonyl (C=O) groups excluding carboxylic acids is 4. The van der Waals surface area contributed by atoms with Gasteiger partial charge in [0.25, 0.3) is 0 Å². The largest absolute Gasteiger partial charge is 0.504 e. The molecule has 344 valence electrons. The summed E-state index contributed by atoms with van der Waals surface area (Å²) in [5.74, 6) is -2.26. The Morgan fingerprint density at radius 3 is 2.00 bits per heavy atom. The molecule has 21 heteroatoms. The molecule has 2 heterocycles. The Morgan fingerprint density at radius 1 is 0.935 bits per heavy atom. The zero-order valence-electron chi connectivity index (χ0n) is 37.9. The summed E-state index contributed by atoms with van der Waals surface area (Å²) in [7, 11) is -4.46. The Bertz CT molecular complexity index is 2030. The first-order valence-corrected chi connectivity index (χ1v) is 28.5. The van der Waals surface area contributed by atoms with Gasteiger partial charge >= 0.3 is 12.1 Å². The summed E-state index contributed by atoms with van der Waals surface area (Å²) < 4.78 is 32.4. The van der Waals surface area contributed by atoms with Gasteiger partial charge in [0.15, 0.2) is 33.9 Å². The quantitative estimate of drug-likeness (QED) is 0.0441. The van der Waals surface area contributed by atoms with Crippen LogP contribution >= 0.6 is 54.5 Å². The van der Waals surface area contributed by atoms with E-state index in [2.05, 4.69) is 57.8 Å². The van der Waals surface area contributed by atoms with E-state index in [1.165, 1.54) is 7.11 Å². The lowest BCUT2D eigenvalue weighted by atomic mass is 10.0. The van der Waals surface area contributed by atoms with E-state index in [9.17, 15) is 25.0 Å². The van der Waals surface area contributed by atoms with Crippen molar-refractivity contribution in [1.29, 1.82) is 0 Å². The molecule has 0 aromatic heterocycles. The molecule has 0 radical (unpaired) electrons. The van der Waals surface area contributed by atoms with Crippen molar-refractivity contribution >= 4 is 95.0 Å². The molecule has 62 heavy (non-hydrogen) atoms. The number of fused-ring (bicyclic) bond motifs is 10. The maximum atomic E-state index is 15.2. The van der Waals surface area contributed by atoms with E-state index in [0.29, 0.717) is 29.4 Å².